The van der Waals surface area contributed by atoms with E-state index in [1.54, 1.807) is 19.1 Å². The van der Waals surface area contributed by atoms with Gasteiger partial charge in [0.05, 0.1) is 18.0 Å². The van der Waals surface area contributed by atoms with E-state index < -0.39 is 10.0 Å². The van der Waals surface area contributed by atoms with Crippen LogP contribution in [0.5, 0.6) is 5.75 Å². The minimum Gasteiger partial charge on any atom is -0.494 e. The number of rotatable bonds is 7. The predicted molar refractivity (Wildman–Crippen MR) is 101 cm³/mol. The van der Waals surface area contributed by atoms with Gasteiger partial charge in [-0.25, -0.2) is 13.1 Å². The van der Waals surface area contributed by atoms with Crippen molar-refractivity contribution >= 4 is 10.0 Å². The monoisotopic (exact) mass is 387 g/mol. The Labute approximate surface area is 158 Å². The maximum Gasteiger partial charge on any atom is 0.247 e. The Morgan fingerprint density at radius 2 is 1.81 bits per heavy atom. The second-order valence-electron chi connectivity index (χ2n) is 6.01. The van der Waals surface area contributed by atoms with Gasteiger partial charge in [-0.15, -0.1) is 10.2 Å². The summed E-state index contributed by atoms with van der Waals surface area (Å²) in [7, 11) is -3.73. The van der Waals surface area contributed by atoms with Crippen molar-refractivity contribution in [2.24, 2.45) is 0 Å². The smallest absolute Gasteiger partial charge is 0.247 e. The first-order valence-corrected chi connectivity index (χ1v) is 10.0. The molecule has 0 atom stereocenters. The molecule has 3 rings (SSSR count). The maximum absolute atomic E-state index is 12.7. The topological polar surface area (TPSA) is 94.3 Å². The van der Waals surface area contributed by atoms with Crippen LogP contribution in [0.2, 0.25) is 0 Å². The van der Waals surface area contributed by atoms with Gasteiger partial charge in [0.15, 0.2) is 0 Å². The number of benzene rings is 2. The number of hydrogen-bond donors (Lipinski definition) is 1. The maximum atomic E-state index is 12.7. The summed E-state index contributed by atoms with van der Waals surface area (Å²) >= 11 is 0. The zero-order valence-electron chi connectivity index (χ0n) is 15.4. The van der Waals surface area contributed by atoms with Gasteiger partial charge in [0, 0.05) is 5.56 Å². The number of ether oxygens (including phenoxy) is 1. The standard InChI is InChI=1S/C19H21N3O4S/c1-4-25-16-10-14(3)17(11-13(16)2)27(23,24)20-12-18-21-22-19(26-18)15-8-6-5-7-9-15/h5-11,20H,4,12H2,1-3H3. The van der Waals surface area contributed by atoms with Crippen LogP contribution in [0.3, 0.4) is 0 Å². The van der Waals surface area contributed by atoms with E-state index in [1.165, 1.54) is 0 Å². The molecule has 0 radical (unpaired) electrons. The number of nitrogens with one attached hydrogen (secondary N) is 1. The van der Waals surface area contributed by atoms with Crippen molar-refractivity contribution in [1.29, 1.82) is 0 Å². The van der Waals surface area contributed by atoms with Crippen molar-refractivity contribution < 1.29 is 17.6 Å². The average Bonchev–Trinajstić information content (AvgIpc) is 3.13. The minimum atomic E-state index is -3.73. The highest BCUT2D eigenvalue weighted by Crippen LogP contribution is 2.26. The third kappa shape index (κ3) is 4.35. The molecular weight excluding hydrogens is 366 g/mol. The lowest BCUT2D eigenvalue weighted by Gasteiger charge is -2.13. The number of sulfonamides is 1. The van der Waals surface area contributed by atoms with E-state index in [-0.39, 0.29) is 17.3 Å². The van der Waals surface area contributed by atoms with Crippen molar-refractivity contribution in [3.05, 3.63) is 59.5 Å². The minimum absolute atomic E-state index is 0.0894. The molecule has 0 aliphatic heterocycles. The summed E-state index contributed by atoms with van der Waals surface area (Å²) in [5, 5.41) is 7.86. The van der Waals surface area contributed by atoms with Crippen LogP contribution in [0.1, 0.15) is 23.9 Å². The summed E-state index contributed by atoms with van der Waals surface area (Å²) in [4.78, 5) is 0.200. The Morgan fingerprint density at radius 1 is 1.07 bits per heavy atom. The highest BCUT2D eigenvalue weighted by molar-refractivity contribution is 7.89. The Morgan fingerprint density at radius 3 is 2.52 bits per heavy atom. The van der Waals surface area contributed by atoms with Crippen LogP contribution in [0.25, 0.3) is 11.5 Å². The van der Waals surface area contributed by atoms with E-state index in [0.29, 0.717) is 23.8 Å². The highest BCUT2D eigenvalue weighted by atomic mass is 32.2. The molecule has 0 fully saturated rings. The first-order chi connectivity index (χ1) is 12.9. The van der Waals surface area contributed by atoms with E-state index >= 15 is 0 Å². The zero-order valence-corrected chi connectivity index (χ0v) is 16.2. The molecule has 0 saturated carbocycles. The van der Waals surface area contributed by atoms with E-state index in [4.69, 9.17) is 9.15 Å². The summed E-state index contributed by atoms with van der Waals surface area (Å²) in [6, 6.07) is 12.6. The van der Waals surface area contributed by atoms with Crippen LogP contribution >= 0.6 is 0 Å². The van der Waals surface area contributed by atoms with Gasteiger partial charge in [-0.05, 0) is 56.2 Å². The summed E-state index contributed by atoms with van der Waals surface area (Å²) < 4.78 is 38.9. The molecule has 7 nitrogen and oxygen atoms in total. The predicted octanol–water partition coefficient (Wildman–Crippen LogP) is 3.23. The third-order valence-electron chi connectivity index (χ3n) is 3.96. The normalized spacial score (nSPS) is 11.5. The van der Waals surface area contributed by atoms with Crippen LogP contribution in [-0.4, -0.2) is 25.2 Å². The molecular formula is C19H21N3O4S. The van der Waals surface area contributed by atoms with Gasteiger partial charge in [-0.3, -0.25) is 0 Å². The number of aromatic nitrogens is 2. The molecule has 142 valence electrons. The third-order valence-corrected chi connectivity index (χ3v) is 5.51. The van der Waals surface area contributed by atoms with E-state index in [9.17, 15) is 8.42 Å². The molecule has 0 amide bonds. The highest BCUT2D eigenvalue weighted by Gasteiger charge is 2.20. The lowest BCUT2D eigenvalue weighted by atomic mass is 10.1. The second-order valence-corrected chi connectivity index (χ2v) is 7.74. The largest absolute Gasteiger partial charge is 0.494 e. The number of aryl methyl sites for hydroxylation is 2. The number of nitrogens with zero attached hydrogens (tertiary/aromatic N) is 2. The molecule has 2 aromatic carbocycles. The van der Waals surface area contributed by atoms with Gasteiger partial charge >= 0.3 is 0 Å². The van der Waals surface area contributed by atoms with Crippen LogP contribution in [0.4, 0.5) is 0 Å². The summed E-state index contributed by atoms with van der Waals surface area (Å²) in [6.07, 6.45) is 0. The number of hydrogen-bond acceptors (Lipinski definition) is 6. The first-order valence-electron chi connectivity index (χ1n) is 8.52. The lowest BCUT2D eigenvalue weighted by Crippen LogP contribution is -2.24. The van der Waals surface area contributed by atoms with Crippen molar-refractivity contribution in [2.75, 3.05) is 6.61 Å². The van der Waals surface area contributed by atoms with Crippen LogP contribution in [-0.2, 0) is 16.6 Å². The Kier molecular flexibility index (Phi) is 5.57. The molecule has 8 heteroatoms. The first kappa shape index (κ1) is 19.1. The summed E-state index contributed by atoms with van der Waals surface area (Å²) in [5.74, 6) is 1.22. The SMILES string of the molecule is CCOc1cc(C)c(S(=O)(=O)NCc2nnc(-c3ccccc3)o2)cc1C. The molecule has 3 aromatic rings. The quantitative estimate of drug-likeness (QED) is 0.669. The second kappa shape index (κ2) is 7.89. The fourth-order valence-corrected chi connectivity index (χ4v) is 3.90. The van der Waals surface area contributed by atoms with Gasteiger partial charge in [-0.2, -0.15) is 0 Å². The van der Waals surface area contributed by atoms with Crippen LogP contribution in [0, 0.1) is 13.8 Å². The van der Waals surface area contributed by atoms with E-state index in [2.05, 4.69) is 14.9 Å². The fourth-order valence-electron chi connectivity index (χ4n) is 2.62. The van der Waals surface area contributed by atoms with Crippen LogP contribution in [0.15, 0.2) is 51.8 Å². The van der Waals surface area contributed by atoms with E-state index in [0.717, 1.165) is 11.1 Å². The van der Waals surface area contributed by atoms with Crippen molar-refractivity contribution in [3.8, 4) is 17.2 Å². The zero-order chi connectivity index (χ0) is 19.4. The molecule has 1 heterocycles. The lowest BCUT2D eigenvalue weighted by molar-refractivity contribution is 0.337. The van der Waals surface area contributed by atoms with Crippen LogP contribution < -0.4 is 9.46 Å². The fraction of sp³-hybridized carbons (Fsp3) is 0.263. The van der Waals surface area contributed by atoms with Gasteiger partial charge < -0.3 is 9.15 Å². The molecule has 0 aliphatic carbocycles. The summed E-state index contributed by atoms with van der Waals surface area (Å²) in [5.41, 5.74) is 2.14. The molecule has 27 heavy (non-hydrogen) atoms. The average molecular weight is 387 g/mol. The van der Waals surface area contributed by atoms with Gasteiger partial charge in [0.1, 0.15) is 5.75 Å². The van der Waals surface area contributed by atoms with Crippen molar-refractivity contribution in [3.63, 3.8) is 0 Å². The van der Waals surface area contributed by atoms with Gasteiger partial charge in [0.25, 0.3) is 0 Å². The van der Waals surface area contributed by atoms with Crippen molar-refractivity contribution in [2.45, 2.75) is 32.2 Å². The Hall–Kier alpha value is -2.71. The summed E-state index contributed by atoms with van der Waals surface area (Å²) in [6.45, 7) is 5.86. The Balaban J connectivity index is 1.76. The van der Waals surface area contributed by atoms with Crippen molar-refractivity contribution in [1.82, 2.24) is 14.9 Å². The molecule has 0 unspecified atom stereocenters. The molecule has 0 saturated heterocycles. The van der Waals surface area contributed by atoms with E-state index in [1.807, 2.05) is 44.2 Å². The van der Waals surface area contributed by atoms with Gasteiger partial charge in [0.2, 0.25) is 21.8 Å². The molecule has 0 bridgehead atoms. The molecule has 0 spiro atoms. The Bertz CT molecular complexity index is 1030. The molecule has 1 N–H and O–H groups in total. The van der Waals surface area contributed by atoms with Gasteiger partial charge in [-0.1, -0.05) is 18.2 Å². The molecule has 0 aliphatic rings. The molecule has 1 aromatic heterocycles.